The molecule has 0 spiro atoms. The quantitative estimate of drug-likeness (QED) is 0.542. The van der Waals surface area contributed by atoms with Gasteiger partial charge in [-0.25, -0.2) is 18.7 Å². The smallest absolute Gasteiger partial charge is 0.227 e. The number of rotatable bonds is 8. The molecule has 0 aliphatic carbocycles. The summed E-state index contributed by atoms with van der Waals surface area (Å²) in [6.07, 6.45) is 6.19. The first kappa shape index (κ1) is 22.9. The minimum atomic E-state index is -0.796. The van der Waals surface area contributed by atoms with Crippen molar-refractivity contribution in [3.63, 3.8) is 0 Å². The maximum Gasteiger partial charge on any atom is 0.227 e. The van der Waals surface area contributed by atoms with Crippen molar-refractivity contribution in [3.05, 3.63) is 53.6 Å². The van der Waals surface area contributed by atoms with E-state index < -0.39 is 17.4 Å². The van der Waals surface area contributed by atoms with Gasteiger partial charge >= 0.3 is 0 Å². The molecule has 1 atom stereocenters. The summed E-state index contributed by atoms with van der Waals surface area (Å²) in [5.41, 5.74) is 0.735. The monoisotopic (exact) mass is 461 g/mol. The van der Waals surface area contributed by atoms with Gasteiger partial charge < -0.3 is 24.3 Å². The van der Waals surface area contributed by atoms with Crippen LogP contribution in [0.3, 0.4) is 0 Å². The standard InChI is InChI=1S/C22H25F2N5O4/c1-13-5-18(30-4)20(24)17(19(13)23)12-31-15-7-25-21(26-8-15)28-14-6-27-29(9-14)10-16-11-32-22(2,3)33-16/h5-9,16H,10-12H2,1-4H3,(H,25,26,28)/t16-/m0/s1. The zero-order chi connectivity index (χ0) is 23.6. The fourth-order valence-corrected chi connectivity index (χ4v) is 3.41. The van der Waals surface area contributed by atoms with Crippen LogP contribution in [-0.2, 0) is 22.6 Å². The van der Waals surface area contributed by atoms with Gasteiger partial charge in [0.05, 0.1) is 50.1 Å². The Kier molecular flexibility index (Phi) is 6.43. The van der Waals surface area contributed by atoms with Crippen LogP contribution in [0.25, 0.3) is 0 Å². The number of aryl methyl sites for hydroxylation is 1. The van der Waals surface area contributed by atoms with Gasteiger partial charge in [0.25, 0.3) is 0 Å². The second-order valence-corrected chi connectivity index (χ2v) is 8.06. The first-order chi connectivity index (χ1) is 15.7. The van der Waals surface area contributed by atoms with E-state index in [1.165, 1.54) is 32.5 Å². The number of ether oxygens (including phenoxy) is 4. The number of methoxy groups -OCH3 is 1. The predicted molar refractivity (Wildman–Crippen MR) is 114 cm³/mol. The van der Waals surface area contributed by atoms with Gasteiger partial charge in [-0.1, -0.05) is 0 Å². The normalized spacial score (nSPS) is 17.2. The van der Waals surface area contributed by atoms with Crippen molar-refractivity contribution >= 4 is 11.6 Å². The molecule has 176 valence electrons. The zero-order valence-electron chi connectivity index (χ0n) is 18.8. The van der Waals surface area contributed by atoms with Crippen molar-refractivity contribution < 1.29 is 27.7 Å². The van der Waals surface area contributed by atoms with Crippen LogP contribution in [0.15, 0.2) is 30.9 Å². The molecule has 1 aliphatic rings. The van der Waals surface area contributed by atoms with Gasteiger partial charge in [-0.05, 0) is 32.4 Å². The molecule has 0 saturated carbocycles. The molecule has 2 aromatic heterocycles. The average Bonchev–Trinajstić information content (AvgIpc) is 3.37. The van der Waals surface area contributed by atoms with E-state index in [1.807, 2.05) is 13.8 Å². The molecule has 3 heterocycles. The van der Waals surface area contributed by atoms with E-state index in [9.17, 15) is 8.78 Å². The topological polar surface area (TPSA) is 92.6 Å². The number of anilines is 2. The Balaban J connectivity index is 1.34. The summed E-state index contributed by atoms with van der Waals surface area (Å²) in [4.78, 5) is 8.35. The minimum absolute atomic E-state index is 0.0421. The summed E-state index contributed by atoms with van der Waals surface area (Å²) < 4.78 is 52.2. The molecule has 1 aromatic carbocycles. The summed E-state index contributed by atoms with van der Waals surface area (Å²) in [6.45, 7) is 6.00. The van der Waals surface area contributed by atoms with Crippen LogP contribution in [-0.4, -0.2) is 45.4 Å². The number of benzene rings is 1. The minimum Gasteiger partial charge on any atom is -0.494 e. The summed E-state index contributed by atoms with van der Waals surface area (Å²) in [6, 6.07) is 1.30. The van der Waals surface area contributed by atoms with E-state index >= 15 is 0 Å². The molecule has 0 radical (unpaired) electrons. The van der Waals surface area contributed by atoms with Crippen LogP contribution in [0.2, 0.25) is 0 Å². The zero-order valence-corrected chi connectivity index (χ0v) is 18.8. The van der Waals surface area contributed by atoms with E-state index in [4.69, 9.17) is 18.9 Å². The highest BCUT2D eigenvalue weighted by atomic mass is 19.1. The molecule has 1 aliphatic heterocycles. The summed E-state index contributed by atoms with van der Waals surface area (Å²) >= 11 is 0. The fourth-order valence-electron chi connectivity index (χ4n) is 3.41. The largest absolute Gasteiger partial charge is 0.494 e. The third-order valence-electron chi connectivity index (χ3n) is 5.02. The first-order valence-electron chi connectivity index (χ1n) is 10.3. The average molecular weight is 461 g/mol. The number of hydrogen-bond donors (Lipinski definition) is 1. The van der Waals surface area contributed by atoms with Crippen LogP contribution in [0, 0.1) is 18.6 Å². The molecule has 1 saturated heterocycles. The Bertz CT molecular complexity index is 1120. The van der Waals surface area contributed by atoms with Gasteiger partial charge in [-0.3, -0.25) is 4.68 Å². The number of aromatic nitrogens is 4. The number of halogens is 2. The molecule has 0 amide bonds. The van der Waals surface area contributed by atoms with Crippen LogP contribution < -0.4 is 14.8 Å². The molecular weight excluding hydrogens is 436 g/mol. The highest BCUT2D eigenvalue weighted by Gasteiger charge is 2.32. The maximum absolute atomic E-state index is 14.4. The van der Waals surface area contributed by atoms with Crippen LogP contribution in [0.5, 0.6) is 11.5 Å². The Morgan fingerprint density at radius 2 is 1.97 bits per heavy atom. The van der Waals surface area contributed by atoms with Crippen molar-refractivity contribution in [1.82, 2.24) is 19.7 Å². The number of nitrogens with one attached hydrogen (secondary N) is 1. The molecule has 1 N–H and O–H groups in total. The Morgan fingerprint density at radius 3 is 2.64 bits per heavy atom. The van der Waals surface area contributed by atoms with Gasteiger partial charge in [0.2, 0.25) is 5.95 Å². The Hall–Kier alpha value is -3.31. The van der Waals surface area contributed by atoms with Gasteiger partial charge in [0.15, 0.2) is 23.1 Å². The van der Waals surface area contributed by atoms with Crippen molar-refractivity contribution in [2.24, 2.45) is 0 Å². The molecule has 33 heavy (non-hydrogen) atoms. The second-order valence-electron chi connectivity index (χ2n) is 8.06. The Morgan fingerprint density at radius 1 is 1.21 bits per heavy atom. The molecule has 9 nitrogen and oxygen atoms in total. The van der Waals surface area contributed by atoms with Crippen molar-refractivity contribution in [3.8, 4) is 11.5 Å². The highest BCUT2D eigenvalue weighted by molar-refractivity contribution is 5.50. The van der Waals surface area contributed by atoms with Crippen molar-refractivity contribution in [2.75, 3.05) is 19.0 Å². The number of nitrogens with zero attached hydrogens (tertiary/aromatic N) is 4. The van der Waals surface area contributed by atoms with Crippen molar-refractivity contribution in [1.29, 1.82) is 0 Å². The lowest BCUT2D eigenvalue weighted by atomic mass is 10.1. The van der Waals surface area contributed by atoms with E-state index in [2.05, 4.69) is 20.4 Å². The lowest BCUT2D eigenvalue weighted by Gasteiger charge is -2.16. The first-order valence-corrected chi connectivity index (χ1v) is 10.3. The third kappa shape index (κ3) is 5.37. The van der Waals surface area contributed by atoms with Crippen LogP contribution in [0.1, 0.15) is 25.0 Å². The second kappa shape index (κ2) is 9.28. The summed E-state index contributed by atoms with van der Waals surface area (Å²) in [5.74, 6) is -1.52. The molecule has 0 unspecified atom stereocenters. The predicted octanol–water partition coefficient (Wildman–Crippen LogP) is 3.74. The number of hydrogen-bond acceptors (Lipinski definition) is 8. The van der Waals surface area contributed by atoms with E-state index in [0.29, 0.717) is 24.8 Å². The summed E-state index contributed by atoms with van der Waals surface area (Å²) in [7, 11) is 1.32. The van der Waals surface area contributed by atoms with Crippen molar-refractivity contribution in [2.45, 2.75) is 45.8 Å². The Labute approximate surface area is 189 Å². The van der Waals surface area contributed by atoms with Crippen LogP contribution in [0.4, 0.5) is 20.4 Å². The van der Waals surface area contributed by atoms with E-state index in [0.717, 1.165) is 0 Å². The fraction of sp³-hybridized carbons (Fsp3) is 0.409. The molecule has 3 aromatic rings. The van der Waals surface area contributed by atoms with Gasteiger partial charge in [0, 0.05) is 6.20 Å². The highest BCUT2D eigenvalue weighted by Crippen LogP contribution is 2.27. The van der Waals surface area contributed by atoms with Gasteiger partial charge in [-0.15, -0.1) is 0 Å². The third-order valence-corrected chi connectivity index (χ3v) is 5.02. The molecular formula is C22H25F2N5O4. The molecule has 1 fully saturated rings. The van der Waals surface area contributed by atoms with Gasteiger partial charge in [0.1, 0.15) is 18.5 Å². The molecule has 11 heteroatoms. The lowest BCUT2D eigenvalue weighted by molar-refractivity contribution is -0.139. The van der Waals surface area contributed by atoms with E-state index in [1.54, 1.807) is 17.1 Å². The van der Waals surface area contributed by atoms with Crippen LogP contribution >= 0.6 is 0 Å². The lowest BCUT2D eigenvalue weighted by Crippen LogP contribution is -2.24. The van der Waals surface area contributed by atoms with Gasteiger partial charge in [-0.2, -0.15) is 5.10 Å². The SMILES string of the molecule is COc1cc(C)c(F)c(COc2cnc(Nc3cnn(C[C@H]4COC(C)(C)O4)c3)nc2)c1F. The van der Waals surface area contributed by atoms with E-state index in [-0.39, 0.29) is 35.3 Å². The molecule has 4 rings (SSSR count). The maximum atomic E-state index is 14.4. The molecule has 0 bridgehead atoms. The summed E-state index contributed by atoms with van der Waals surface area (Å²) in [5, 5.41) is 7.34.